The molecule has 1 rings (SSSR count). The van der Waals surface area contributed by atoms with Crippen LogP contribution >= 0.6 is 11.3 Å². The van der Waals surface area contributed by atoms with E-state index in [2.05, 4.69) is 23.9 Å². The Balaban J connectivity index is 2.69. The van der Waals surface area contributed by atoms with Crippen LogP contribution in [0.4, 0.5) is 0 Å². The number of ether oxygens (including phenoxy) is 1. The van der Waals surface area contributed by atoms with Gasteiger partial charge in [-0.2, -0.15) is 0 Å². The summed E-state index contributed by atoms with van der Waals surface area (Å²) < 4.78 is 32.1. The van der Waals surface area contributed by atoms with Crippen molar-refractivity contribution in [3.63, 3.8) is 0 Å². The van der Waals surface area contributed by atoms with Gasteiger partial charge in [-0.15, -0.1) is 11.3 Å². The van der Waals surface area contributed by atoms with Gasteiger partial charge in [0.15, 0.2) is 0 Å². The third-order valence-electron chi connectivity index (χ3n) is 2.87. The molecule has 0 saturated carbocycles. The van der Waals surface area contributed by atoms with Crippen molar-refractivity contribution in [1.29, 1.82) is 0 Å². The topological polar surface area (TPSA) is 67.4 Å². The lowest BCUT2D eigenvalue weighted by atomic mass is 10.1. The highest BCUT2D eigenvalue weighted by molar-refractivity contribution is 7.89. The van der Waals surface area contributed by atoms with Gasteiger partial charge in [-0.3, -0.25) is 0 Å². The van der Waals surface area contributed by atoms with Crippen LogP contribution in [0.5, 0.6) is 0 Å². The van der Waals surface area contributed by atoms with Crippen LogP contribution < -0.4 is 10.0 Å². The summed E-state index contributed by atoms with van der Waals surface area (Å²) in [5.41, 5.74) is -0.523. The fourth-order valence-electron chi connectivity index (χ4n) is 1.32. The number of hydrogen-bond acceptors (Lipinski definition) is 5. The standard InChI is InChI=1S/C13H24N2O3S2/c1-10(2)14-7-11-6-12(8-19-11)20(16,17)15-9-13(3,4)18-5/h6,8,10,14-15H,7,9H2,1-5H3. The van der Waals surface area contributed by atoms with Crippen molar-refractivity contribution in [3.8, 4) is 0 Å². The van der Waals surface area contributed by atoms with Crippen LogP contribution in [-0.2, 0) is 21.3 Å². The predicted molar refractivity (Wildman–Crippen MR) is 82.6 cm³/mol. The second-order valence-electron chi connectivity index (χ2n) is 5.57. The summed E-state index contributed by atoms with van der Waals surface area (Å²) in [6, 6.07) is 2.08. The van der Waals surface area contributed by atoms with Crippen molar-refractivity contribution in [1.82, 2.24) is 10.0 Å². The molecule has 0 aromatic carbocycles. The predicted octanol–water partition coefficient (Wildman–Crippen LogP) is 1.95. The second-order valence-corrected chi connectivity index (χ2v) is 8.34. The van der Waals surface area contributed by atoms with Crippen LogP contribution in [0.25, 0.3) is 0 Å². The average molecular weight is 320 g/mol. The van der Waals surface area contributed by atoms with Gasteiger partial charge in [0.2, 0.25) is 10.0 Å². The number of rotatable bonds is 8. The highest BCUT2D eigenvalue weighted by Crippen LogP contribution is 2.19. The molecular weight excluding hydrogens is 296 g/mol. The lowest BCUT2D eigenvalue weighted by molar-refractivity contribution is 0.0276. The van der Waals surface area contributed by atoms with E-state index >= 15 is 0 Å². The monoisotopic (exact) mass is 320 g/mol. The minimum absolute atomic E-state index is 0.237. The zero-order valence-electron chi connectivity index (χ0n) is 12.7. The zero-order chi connectivity index (χ0) is 15.4. The van der Waals surface area contributed by atoms with Crippen molar-refractivity contribution < 1.29 is 13.2 Å². The summed E-state index contributed by atoms with van der Waals surface area (Å²) in [4.78, 5) is 1.32. The van der Waals surface area contributed by atoms with E-state index < -0.39 is 15.6 Å². The molecule has 5 nitrogen and oxygen atoms in total. The summed E-state index contributed by atoms with van der Waals surface area (Å²) in [6.45, 7) is 8.70. The molecule has 0 aliphatic rings. The molecule has 0 radical (unpaired) electrons. The van der Waals surface area contributed by atoms with Gasteiger partial charge in [-0.05, 0) is 19.9 Å². The molecule has 2 N–H and O–H groups in total. The molecule has 116 valence electrons. The normalized spacial score (nSPS) is 13.1. The van der Waals surface area contributed by atoms with E-state index in [1.807, 2.05) is 13.8 Å². The first kappa shape index (κ1) is 17.6. The number of hydrogen-bond donors (Lipinski definition) is 2. The Morgan fingerprint density at radius 3 is 2.60 bits per heavy atom. The lowest BCUT2D eigenvalue weighted by Gasteiger charge is -2.22. The summed E-state index contributed by atoms with van der Waals surface area (Å²) in [6.07, 6.45) is 0. The third kappa shape index (κ3) is 5.49. The zero-order valence-corrected chi connectivity index (χ0v) is 14.3. The van der Waals surface area contributed by atoms with E-state index in [1.165, 1.54) is 11.3 Å². The first-order valence-electron chi connectivity index (χ1n) is 6.52. The van der Waals surface area contributed by atoms with Gasteiger partial charge < -0.3 is 10.1 Å². The smallest absolute Gasteiger partial charge is 0.241 e. The third-order valence-corrected chi connectivity index (χ3v) is 5.33. The summed E-state index contributed by atoms with van der Waals surface area (Å²) in [7, 11) is -1.90. The van der Waals surface area contributed by atoms with E-state index in [-0.39, 0.29) is 6.54 Å². The van der Waals surface area contributed by atoms with Crippen LogP contribution in [0.2, 0.25) is 0 Å². The highest BCUT2D eigenvalue weighted by atomic mass is 32.2. The fraction of sp³-hybridized carbons (Fsp3) is 0.692. The molecule has 0 saturated heterocycles. The van der Waals surface area contributed by atoms with Crippen molar-refractivity contribution >= 4 is 21.4 Å². The lowest BCUT2D eigenvalue weighted by Crippen LogP contribution is -2.39. The van der Waals surface area contributed by atoms with Gasteiger partial charge in [0.25, 0.3) is 0 Å². The molecule has 0 amide bonds. The molecule has 0 spiro atoms. The minimum atomic E-state index is -3.47. The first-order chi connectivity index (χ1) is 9.16. The number of methoxy groups -OCH3 is 1. The molecule has 0 unspecified atom stereocenters. The van der Waals surface area contributed by atoms with E-state index in [1.54, 1.807) is 18.6 Å². The molecule has 20 heavy (non-hydrogen) atoms. The first-order valence-corrected chi connectivity index (χ1v) is 8.88. The Hall–Kier alpha value is -0.470. The van der Waals surface area contributed by atoms with Crippen molar-refractivity contribution in [2.45, 2.75) is 50.8 Å². The Kier molecular flexibility index (Phi) is 6.15. The summed E-state index contributed by atoms with van der Waals surface area (Å²) in [5, 5.41) is 4.93. The molecular formula is C13H24N2O3S2. The van der Waals surface area contributed by atoms with Gasteiger partial charge in [0, 0.05) is 36.5 Å². The SMILES string of the molecule is COC(C)(C)CNS(=O)(=O)c1csc(CNC(C)C)c1. The van der Waals surface area contributed by atoms with Crippen LogP contribution in [0, 0.1) is 0 Å². The van der Waals surface area contributed by atoms with Gasteiger partial charge in [-0.25, -0.2) is 13.1 Å². The maximum atomic E-state index is 12.2. The Morgan fingerprint density at radius 2 is 2.05 bits per heavy atom. The van der Waals surface area contributed by atoms with Crippen molar-refractivity contribution in [3.05, 3.63) is 16.3 Å². The molecule has 1 aromatic heterocycles. The Labute approximate surface area is 125 Å². The molecule has 7 heteroatoms. The van der Waals surface area contributed by atoms with Crippen LogP contribution in [0.1, 0.15) is 32.6 Å². The number of thiophene rings is 1. The van der Waals surface area contributed by atoms with Crippen LogP contribution in [-0.4, -0.2) is 33.7 Å². The minimum Gasteiger partial charge on any atom is -0.377 e. The van der Waals surface area contributed by atoms with Crippen molar-refractivity contribution in [2.75, 3.05) is 13.7 Å². The largest absolute Gasteiger partial charge is 0.377 e. The van der Waals surface area contributed by atoms with E-state index in [4.69, 9.17) is 4.74 Å². The maximum Gasteiger partial charge on any atom is 0.241 e. The molecule has 0 aliphatic heterocycles. The molecule has 1 heterocycles. The second kappa shape index (κ2) is 7.00. The maximum absolute atomic E-state index is 12.2. The molecule has 0 fully saturated rings. The summed E-state index contributed by atoms with van der Waals surface area (Å²) in [5.74, 6) is 0. The number of sulfonamides is 1. The van der Waals surface area contributed by atoms with E-state index in [9.17, 15) is 8.42 Å². The van der Waals surface area contributed by atoms with Gasteiger partial charge in [0.05, 0.1) is 10.5 Å². The molecule has 0 bridgehead atoms. The fourth-order valence-corrected chi connectivity index (χ4v) is 3.75. The Bertz CT molecular complexity index is 521. The van der Waals surface area contributed by atoms with Gasteiger partial charge >= 0.3 is 0 Å². The Morgan fingerprint density at radius 1 is 1.40 bits per heavy atom. The summed E-state index contributed by atoms with van der Waals surface area (Å²) >= 11 is 1.44. The molecule has 0 atom stereocenters. The van der Waals surface area contributed by atoms with Crippen LogP contribution in [0.3, 0.4) is 0 Å². The molecule has 1 aromatic rings. The highest BCUT2D eigenvalue weighted by Gasteiger charge is 2.22. The quantitative estimate of drug-likeness (QED) is 0.768. The van der Waals surface area contributed by atoms with Gasteiger partial charge in [-0.1, -0.05) is 13.8 Å². The van der Waals surface area contributed by atoms with Crippen molar-refractivity contribution in [2.24, 2.45) is 0 Å². The number of nitrogens with one attached hydrogen (secondary N) is 2. The van der Waals surface area contributed by atoms with Gasteiger partial charge in [0.1, 0.15) is 0 Å². The van der Waals surface area contributed by atoms with E-state index in [0.29, 0.717) is 17.5 Å². The van der Waals surface area contributed by atoms with E-state index in [0.717, 1.165) is 4.88 Å². The average Bonchev–Trinajstić information content (AvgIpc) is 2.84. The van der Waals surface area contributed by atoms with Crippen LogP contribution in [0.15, 0.2) is 16.3 Å². The molecule has 0 aliphatic carbocycles.